The van der Waals surface area contributed by atoms with E-state index >= 15 is 0 Å². The number of fused-ring (bicyclic) bond motifs is 1. The number of aliphatic hydroxyl groups is 1. The molecule has 0 fully saturated rings. The number of aryl methyl sites for hydroxylation is 3. The van der Waals surface area contributed by atoms with Gasteiger partial charge in [-0.25, -0.2) is 0 Å². The Morgan fingerprint density at radius 1 is 1.11 bits per heavy atom. The molecule has 0 bridgehead atoms. The van der Waals surface area contributed by atoms with Crippen LogP contribution in [0.5, 0.6) is 0 Å². The second-order valence-corrected chi connectivity index (χ2v) is 6.47. The minimum atomic E-state index is -0.125. The molecule has 0 atom stereocenters. The molecule has 0 saturated carbocycles. The molecule has 1 aromatic heterocycles. The number of aromatic nitrogens is 1. The third-order valence-corrected chi connectivity index (χ3v) is 3.87. The number of carbonyl (C=O) groups is 1. The summed E-state index contributed by atoms with van der Waals surface area (Å²) in [5.74, 6) is -0.0625. The van der Waals surface area contributed by atoms with Crippen molar-refractivity contribution in [1.82, 2.24) is 4.98 Å². The number of pyridine rings is 1. The maximum absolute atomic E-state index is 10.0. The SMILES string of the molecule is CC(=O)/C=C(/C)O.Cc1[c-]c(-c2ncc3ccccc3c2C)cc(C)c1.[Ir]. The van der Waals surface area contributed by atoms with Gasteiger partial charge in [-0.2, -0.15) is 0 Å². The number of allylic oxidation sites excluding steroid dienone is 2. The Labute approximate surface area is 174 Å². The van der Waals surface area contributed by atoms with Gasteiger partial charge < -0.3 is 10.1 Å². The van der Waals surface area contributed by atoms with Crippen LogP contribution in [0.2, 0.25) is 0 Å². The van der Waals surface area contributed by atoms with Crippen molar-refractivity contribution in [3.8, 4) is 11.3 Å². The van der Waals surface area contributed by atoms with Gasteiger partial charge in [0.05, 0.1) is 5.76 Å². The van der Waals surface area contributed by atoms with Crippen LogP contribution in [0, 0.1) is 26.8 Å². The zero-order chi connectivity index (χ0) is 19.3. The second kappa shape index (κ2) is 10.1. The summed E-state index contributed by atoms with van der Waals surface area (Å²) in [7, 11) is 0. The molecule has 0 unspecified atom stereocenters. The van der Waals surface area contributed by atoms with Crippen LogP contribution in [0.25, 0.3) is 22.0 Å². The first-order chi connectivity index (χ1) is 12.3. The zero-order valence-electron chi connectivity index (χ0n) is 16.3. The topological polar surface area (TPSA) is 50.2 Å². The van der Waals surface area contributed by atoms with Crippen LogP contribution >= 0.6 is 0 Å². The van der Waals surface area contributed by atoms with Crippen LogP contribution in [-0.4, -0.2) is 15.9 Å². The van der Waals surface area contributed by atoms with Crippen molar-refractivity contribution < 1.29 is 30.0 Å². The van der Waals surface area contributed by atoms with Gasteiger partial charge in [-0.1, -0.05) is 43.7 Å². The molecule has 1 N–H and O–H groups in total. The van der Waals surface area contributed by atoms with E-state index in [9.17, 15) is 4.79 Å². The van der Waals surface area contributed by atoms with Gasteiger partial charge in [-0.15, -0.1) is 34.9 Å². The van der Waals surface area contributed by atoms with Gasteiger partial charge in [-0.3, -0.25) is 4.79 Å². The summed E-state index contributed by atoms with van der Waals surface area (Å²) in [6.45, 7) is 9.17. The number of hydrogen-bond acceptors (Lipinski definition) is 3. The monoisotopic (exact) mass is 539 g/mol. The molecule has 27 heavy (non-hydrogen) atoms. The first kappa shape index (κ1) is 22.7. The van der Waals surface area contributed by atoms with E-state index in [1.54, 1.807) is 0 Å². The van der Waals surface area contributed by atoms with E-state index < -0.39 is 0 Å². The van der Waals surface area contributed by atoms with E-state index in [0.717, 1.165) is 16.8 Å². The number of hydrogen-bond donors (Lipinski definition) is 1. The second-order valence-electron chi connectivity index (χ2n) is 6.47. The smallest absolute Gasteiger partial charge is 0.155 e. The first-order valence-electron chi connectivity index (χ1n) is 8.51. The van der Waals surface area contributed by atoms with Crippen LogP contribution in [0.15, 0.2) is 54.4 Å². The molecule has 1 radical (unpaired) electrons. The number of ketones is 1. The maximum Gasteiger partial charge on any atom is 0.155 e. The Morgan fingerprint density at radius 3 is 2.33 bits per heavy atom. The van der Waals surface area contributed by atoms with Gasteiger partial charge in [0.2, 0.25) is 0 Å². The summed E-state index contributed by atoms with van der Waals surface area (Å²) in [6, 6.07) is 16.1. The van der Waals surface area contributed by atoms with Crippen molar-refractivity contribution in [2.75, 3.05) is 0 Å². The Hall–Kier alpha value is -2.29. The molecule has 2 aromatic carbocycles. The fraction of sp³-hybridized carbons (Fsp3) is 0.217. The van der Waals surface area contributed by atoms with Crippen molar-refractivity contribution in [1.29, 1.82) is 0 Å². The van der Waals surface area contributed by atoms with E-state index in [-0.39, 0.29) is 31.6 Å². The van der Waals surface area contributed by atoms with Gasteiger partial charge >= 0.3 is 0 Å². The molecule has 0 spiro atoms. The number of carbonyl (C=O) groups excluding carboxylic acids is 1. The van der Waals surface area contributed by atoms with Crippen LogP contribution in [0.3, 0.4) is 0 Å². The normalized spacial score (nSPS) is 10.6. The molecule has 3 nitrogen and oxygen atoms in total. The molecule has 4 heteroatoms. The summed E-state index contributed by atoms with van der Waals surface area (Å²) in [5, 5.41) is 10.8. The van der Waals surface area contributed by atoms with Crippen LogP contribution in [-0.2, 0) is 24.9 Å². The predicted molar refractivity (Wildman–Crippen MR) is 107 cm³/mol. The van der Waals surface area contributed by atoms with Crippen molar-refractivity contribution in [3.63, 3.8) is 0 Å². The van der Waals surface area contributed by atoms with Gasteiger partial charge in [-0.05, 0) is 37.2 Å². The third kappa shape index (κ3) is 6.42. The molecule has 3 rings (SSSR count). The van der Waals surface area contributed by atoms with Gasteiger partial charge in [0.15, 0.2) is 5.78 Å². The molecule has 0 saturated heterocycles. The quantitative estimate of drug-likeness (QED) is 0.260. The summed E-state index contributed by atoms with van der Waals surface area (Å²) in [5.41, 5.74) is 5.75. The number of aliphatic hydroxyl groups excluding tert-OH is 1. The summed E-state index contributed by atoms with van der Waals surface area (Å²) in [4.78, 5) is 14.6. The van der Waals surface area contributed by atoms with Crippen LogP contribution in [0.4, 0.5) is 0 Å². The molecule has 0 aliphatic heterocycles. The Balaban J connectivity index is 0.000000395. The number of benzene rings is 2. The van der Waals surface area contributed by atoms with Crippen molar-refractivity contribution in [2.45, 2.75) is 34.6 Å². The van der Waals surface area contributed by atoms with Crippen LogP contribution in [0.1, 0.15) is 30.5 Å². The average molecular weight is 539 g/mol. The summed E-state index contributed by atoms with van der Waals surface area (Å²) < 4.78 is 0. The standard InChI is InChI=1S/C18H16N.C5H8O2.Ir/c1-12-8-13(2)10-16(9-12)18-14(3)17-7-5-4-6-15(17)11-19-18;1-4(6)3-5(2)7;/h4-9,11H,1-3H3;3,6H,1-2H3;/q-1;;/b;4-3-;. The van der Waals surface area contributed by atoms with Crippen molar-refractivity contribution >= 4 is 16.6 Å². The fourth-order valence-electron chi connectivity index (χ4n) is 2.90. The van der Waals surface area contributed by atoms with Gasteiger partial charge in [0.1, 0.15) is 0 Å². The maximum atomic E-state index is 10.0. The van der Waals surface area contributed by atoms with E-state index in [1.807, 2.05) is 12.3 Å². The average Bonchev–Trinajstić information content (AvgIpc) is 2.54. The van der Waals surface area contributed by atoms with Crippen molar-refractivity contribution in [3.05, 3.63) is 77.2 Å². The molecule has 0 aliphatic carbocycles. The summed E-state index contributed by atoms with van der Waals surface area (Å²) >= 11 is 0. The van der Waals surface area contributed by atoms with Crippen LogP contribution < -0.4 is 0 Å². The molecule has 1 heterocycles. The van der Waals surface area contributed by atoms with E-state index in [1.165, 1.54) is 41.8 Å². The summed E-state index contributed by atoms with van der Waals surface area (Å²) in [6.07, 6.45) is 3.11. The van der Waals surface area contributed by atoms with Crippen molar-refractivity contribution in [2.24, 2.45) is 0 Å². The molecule has 143 valence electrons. The van der Waals surface area contributed by atoms with E-state index in [4.69, 9.17) is 5.11 Å². The Morgan fingerprint density at radius 2 is 1.78 bits per heavy atom. The Bertz CT molecular complexity index is 953. The number of nitrogens with zero attached hydrogens (tertiary/aromatic N) is 1. The number of rotatable bonds is 2. The molecule has 0 amide bonds. The molecular weight excluding hydrogens is 514 g/mol. The first-order valence-corrected chi connectivity index (χ1v) is 8.51. The van der Waals surface area contributed by atoms with Gasteiger partial charge in [0, 0.05) is 32.4 Å². The molecule has 3 aromatic rings. The zero-order valence-corrected chi connectivity index (χ0v) is 18.6. The van der Waals surface area contributed by atoms with E-state index in [2.05, 4.69) is 62.2 Å². The minimum absolute atomic E-state index is 0. The van der Waals surface area contributed by atoms with Gasteiger partial charge in [0.25, 0.3) is 0 Å². The minimum Gasteiger partial charge on any atom is -0.512 e. The largest absolute Gasteiger partial charge is 0.512 e. The molecular formula is C23H24IrNO2-. The fourth-order valence-corrected chi connectivity index (χ4v) is 2.90. The Kier molecular flexibility index (Phi) is 8.55. The molecule has 0 aliphatic rings. The van der Waals surface area contributed by atoms with E-state index in [0.29, 0.717) is 0 Å². The third-order valence-electron chi connectivity index (χ3n) is 3.87. The predicted octanol–water partition coefficient (Wildman–Crippen LogP) is 5.66.